The molecule has 7 heteroatoms. The number of carbonyl (C=O) groups excluding carboxylic acids is 1. The number of nitrogens with one attached hydrogen (secondary N) is 1. The van der Waals surface area contributed by atoms with Crippen molar-refractivity contribution in [1.29, 1.82) is 0 Å². The molecule has 0 fully saturated rings. The van der Waals surface area contributed by atoms with Gasteiger partial charge >= 0.3 is 0 Å². The van der Waals surface area contributed by atoms with Crippen LogP contribution < -0.4 is 4.74 Å². The highest BCUT2D eigenvalue weighted by Crippen LogP contribution is 2.14. The average molecular weight is 340 g/mol. The molecule has 0 spiro atoms. The van der Waals surface area contributed by atoms with Crippen LogP contribution in [0.1, 0.15) is 16.2 Å². The second kappa shape index (κ2) is 7.76. The summed E-state index contributed by atoms with van der Waals surface area (Å²) in [7, 11) is 3.34. The predicted octanol–water partition coefficient (Wildman–Crippen LogP) is 2.26. The van der Waals surface area contributed by atoms with Gasteiger partial charge in [-0.3, -0.25) is 4.79 Å². The monoisotopic (exact) mass is 340 g/mol. The van der Waals surface area contributed by atoms with Crippen molar-refractivity contribution in [1.82, 2.24) is 19.9 Å². The van der Waals surface area contributed by atoms with Crippen molar-refractivity contribution in [3.05, 3.63) is 54.0 Å². The number of rotatable bonds is 7. The largest absolute Gasteiger partial charge is 0.475 e. The van der Waals surface area contributed by atoms with Gasteiger partial charge in [-0.05, 0) is 18.2 Å². The molecule has 130 valence electrons. The maximum absolute atomic E-state index is 12.6. The van der Waals surface area contributed by atoms with Crippen molar-refractivity contribution in [3.8, 4) is 5.88 Å². The second-order valence-electron chi connectivity index (χ2n) is 5.59. The number of hydrogen-bond donors (Lipinski definition) is 1. The van der Waals surface area contributed by atoms with Crippen LogP contribution in [-0.4, -0.2) is 53.1 Å². The highest BCUT2D eigenvalue weighted by molar-refractivity contribution is 5.94. The molecule has 0 unspecified atom stereocenters. The van der Waals surface area contributed by atoms with Gasteiger partial charge in [0.2, 0.25) is 5.88 Å². The molecule has 0 bridgehead atoms. The molecular weight excluding hydrogens is 320 g/mol. The van der Waals surface area contributed by atoms with Crippen LogP contribution in [0.25, 0.3) is 11.0 Å². The van der Waals surface area contributed by atoms with E-state index in [0.717, 1.165) is 16.9 Å². The number of aromatic amines is 1. The third-order valence-corrected chi connectivity index (χ3v) is 3.69. The summed E-state index contributed by atoms with van der Waals surface area (Å²) in [6.07, 6.45) is 1.56. The number of para-hydroxylation sites is 2. The Kier molecular flexibility index (Phi) is 5.25. The van der Waals surface area contributed by atoms with Gasteiger partial charge < -0.3 is 19.4 Å². The lowest BCUT2D eigenvalue weighted by Gasteiger charge is -2.16. The number of imidazole rings is 1. The molecule has 2 aromatic heterocycles. The second-order valence-corrected chi connectivity index (χ2v) is 5.59. The fraction of sp³-hybridized carbons (Fsp3) is 0.278. The third-order valence-electron chi connectivity index (χ3n) is 3.69. The molecular formula is C18H20N4O3. The summed E-state index contributed by atoms with van der Waals surface area (Å²) in [5, 5.41) is 0. The number of benzene rings is 1. The number of fused-ring (bicyclic) bond motifs is 1. The summed E-state index contributed by atoms with van der Waals surface area (Å²) in [5.41, 5.74) is 2.35. The molecule has 1 amide bonds. The quantitative estimate of drug-likeness (QED) is 0.667. The van der Waals surface area contributed by atoms with Crippen molar-refractivity contribution < 1.29 is 14.3 Å². The Morgan fingerprint density at radius 3 is 2.88 bits per heavy atom. The van der Waals surface area contributed by atoms with Gasteiger partial charge in [0.1, 0.15) is 12.4 Å². The van der Waals surface area contributed by atoms with E-state index in [0.29, 0.717) is 31.2 Å². The summed E-state index contributed by atoms with van der Waals surface area (Å²) in [6, 6.07) is 11.1. The van der Waals surface area contributed by atoms with Crippen molar-refractivity contribution in [3.63, 3.8) is 0 Å². The maximum Gasteiger partial charge on any atom is 0.254 e. The fourth-order valence-corrected chi connectivity index (χ4v) is 2.45. The lowest BCUT2D eigenvalue weighted by Crippen LogP contribution is -2.26. The minimum absolute atomic E-state index is 0.126. The van der Waals surface area contributed by atoms with Gasteiger partial charge in [-0.25, -0.2) is 9.97 Å². The maximum atomic E-state index is 12.6. The summed E-state index contributed by atoms with van der Waals surface area (Å²) < 4.78 is 10.4. The van der Waals surface area contributed by atoms with Crippen LogP contribution in [0.3, 0.4) is 0 Å². The van der Waals surface area contributed by atoms with E-state index in [4.69, 9.17) is 9.47 Å². The zero-order chi connectivity index (χ0) is 17.6. The number of nitrogens with zero attached hydrogens (tertiary/aromatic N) is 3. The van der Waals surface area contributed by atoms with Gasteiger partial charge in [0, 0.05) is 32.0 Å². The molecule has 3 aromatic rings. The van der Waals surface area contributed by atoms with Gasteiger partial charge in [-0.2, -0.15) is 0 Å². The molecule has 0 saturated carbocycles. The first-order valence-corrected chi connectivity index (χ1v) is 7.94. The van der Waals surface area contributed by atoms with E-state index in [1.807, 2.05) is 24.3 Å². The highest BCUT2D eigenvalue weighted by Gasteiger charge is 2.15. The van der Waals surface area contributed by atoms with Crippen molar-refractivity contribution in [2.24, 2.45) is 0 Å². The van der Waals surface area contributed by atoms with Gasteiger partial charge in [0.25, 0.3) is 5.91 Å². The average Bonchev–Trinajstić information content (AvgIpc) is 3.03. The highest BCUT2D eigenvalue weighted by atomic mass is 16.5. The van der Waals surface area contributed by atoms with E-state index in [2.05, 4.69) is 15.0 Å². The molecule has 3 rings (SSSR count). The van der Waals surface area contributed by atoms with E-state index >= 15 is 0 Å². The number of H-pyrrole nitrogens is 1. The zero-order valence-electron chi connectivity index (χ0n) is 14.2. The van der Waals surface area contributed by atoms with Crippen molar-refractivity contribution >= 4 is 16.9 Å². The number of ether oxygens (including phenoxy) is 2. The molecule has 1 N–H and O–H groups in total. The summed E-state index contributed by atoms with van der Waals surface area (Å²) in [5.74, 6) is 1.02. The van der Waals surface area contributed by atoms with Gasteiger partial charge in [0.15, 0.2) is 0 Å². The fourth-order valence-electron chi connectivity index (χ4n) is 2.45. The van der Waals surface area contributed by atoms with Crippen LogP contribution in [0.5, 0.6) is 5.88 Å². The van der Waals surface area contributed by atoms with Crippen molar-refractivity contribution in [2.75, 3.05) is 27.4 Å². The number of carbonyl (C=O) groups is 1. The number of pyridine rings is 1. The van der Waals surface area contributed by atoms with Gasteiger partial charge in [-0.15, -0.1) is 0 Å². The number of methoxy groups -OCH3 is 1. The Morgan fingerprint density at radius 1 is 1.24 bits per heavy atom. The first-order chi connectivity index (χ1) is 12.2. The molecule has 0 aliphatic rings. The standard InChI is InChI=1S/C18H20N4O3/c1-22(12-16-20-14-5-3-4-6-15(14)21-16)18(23)13-7-8-19-17(11-13)25-10-9-24-2/h3-8,11H,9-10,12H2,1-2H3,(H,20,21). The first-order valence-electron chi connectivity index (χ1n) is 7.94. The lowest BCUT2D eigenvalue weighted by molar-refractivity contribution is 0.0781. The lowest BCUT2D eigenvalue weighted by atomic mass is 10.2. The SMILES string of the molecule is COCCOc1cc(C(=O)N(C)Cc2nc3ccccc3[nH]2)ccn1. The normalized spacial score (nSPS) is 10.8. The van der Waals surface area contributed by atoms with Gasteiger partial charge in [0.05, 0.1) is 24.2 Å². The van der Waals surface area contributed by atoms with Crippen LogP contribution in [0.15, 0.2) is 42.6 Å². The molecule has 25 heavy (non-hydrogen) atoms. The van der Waals surface area contributed by atoms with E-state index in [1.165, 1.54) is 0 Å². The van der Waals surface area contributed by atoms with E-state index < -0.39 is 0 Å². The predicted molar refractivity (Wildman–Crippen MR) is 93.5 cm³/mol. The molecule has 0 radical (unpaired) electrons. The Morgan fingerprint density at radius 2 is 2.08 bits per heavy atom. The first kappa shape index (κ1) is 16.9. The Bertz CT molecular complexity index is 829. The molecule has 7 nitrogen and oxygen atoms in total. The summed E-state index contributed by atoms with van der Waals surface area (Å²) in [4.78, 5) is 26.0. The van der Waals surface area contributed by atoms with Crippen LogP contribution >= 0.6 is 0 Å². The Labute approximate surface area is 145 Å². The smallest absolute Gasteiger partial charge is 0.254 e. The van der Waals surface area contributed by atoms with Crippen LogP contribution in [0, 0.1) is 0 Å². The zero-order valence-corrected chi connectivity index (χ0v) is 14.2. The molecule has 0 atom stereocenters. The van der Waals surface area contributed by atoms with E-state index in [9.17, 15) is 4.79 Å². The summed E-state index contributed by atoms with van der Waals surface area (Å²) >= 11 is 0. The number of amides is 1. The van der Waals surface area contributed by atoms with Gasteiger partial charge in [-0.1, -0.05) is 12.1 Å². The molecule has 1 aromatic carbocycles. The minimum atomic E-state index is -0.126. The topological polar surface area (TPSA) is 80.3 Å². The number of aromatic nitrogens is 3. The van der Waals surface area contributed by atoms with E-state index in [1.54, 1.807) is 37.4 Å². The molecule has 0 saturated heterocycles. The Hall–Kier alpha value is -2.93. The molecule has 0 aliphatic heterocycles. The summed E-state index contributed by atoms with van der Waals surface area (Å²) in [6.45, 7) is 1.23. The van der Waals surface area contributed by atoms with Crippen LogP contribution in [0.4, 0.5) is 0 Å². The third kappa shape index (κ3) is 4.13. The van der Waals surface area contributed by atoms with E-state index in [-0.39, 0.29) is 5.91 Å². The van der Waals surface area contributed by atoms with Crippen molar-refractivity contribution in [2.45, 2.75) is 6.54 Å². The molecule has 0 aliphatic carbocycles. The van der Waals surface area contributed by atoms with Crippen LogP contribution in [-0.2, 0) is 11.3 Å². The molecule has 2 heterocycles. The Balaban J connectivity index is 1.68. The number of hydrogen-bond acceptors (Lipinski definition) is 5. The minimum Gasteiger partial charge on any atom is -0.475 e. The van der Waals surface area contributed by atoms with Crippen LogP contribution in [0.2, 0.25) is 0 Å².